The fourth-order valence-corrected chi connectivity index (χ4v) is 3.72. The normalized spacial score (nSPS) is 21.4. The molecular weight excluding hydrogens is 344 g/mol. The first-order chi connectivity index (χ1) is 13.2. The van der Waals surface area contributed by atoms with Crippen molar-refractivity contribution in [2.45, 2.75) is 18.0 Å². The maximum Gasteiger partial charge on any atom is 0.254 e. The van der Waals surface area contributed by atoms with E-state index in [1.807, 2.05) is 48.5 Å². The third-order valence-electron chi connectivity index (χ3n) is 4.95. The highest BCUT2D eigenvalue weighted by atomic mass is 16.5. The van der Waals surface area contributed by atoms with E-state index in [1.165, 1.54) is 7.11 Å². The van der Waals surface area contributed by atoms with Crippen molar-refractivity contribution in [3.63, 3.8) is 0 Å². The molecule has 0 spiro atoms. The molecule has 2 aromatic rings. The molecule has 0 aliphatic carbocycles. The zero-order valence-corrected chi connectivity index (χ0v) is 15.2. The molecule has 1 heterocycles. The number of hydrogen-bond donors (Lipinski definition) is 2. The van der Waals surface area contributed by atoms with E-state index in [2.05, 4.69) is 5.32 Å². The number of nitrogens with zero attached hydrogens (tertiary/aromatic N) is 1. The first-order valence-corrected chi connectivity index (χ1v) is 8.96. The number of likely N-dealkylation sites (tertiary alicyclic amines) is 1. The van der Waals surface area contributed by atoms with E-state index in [1.54, 1.807) is 17.0 Å². The predicted molar refractivity (Wildman–Crippen MR) is 101 cm³/mol. The van der Waals surface area contributed by atoms with Crippen LogP contribution in [0.1, 0.15) is 21.8 Å². The molecule has 0 unspecified atom stereocenters. The van der Waals surface area contributed by atoms with E-state index in [0.29, 0.717) is 12.1 Å². The second-order valence-corrected chi connectivity index (χ2v) is 6.57. The summed E-state index contributed by atoms with van der Waals surface area (Å²) in [6.45, 7) is 0.135. The molecule has 6 heteroatoms. The monoisotopic (exact) mass is 368 g/mol. The summed E-state index contributed by atoms with van der Waals surface area (Å²) in [5, 5.41) is 12.8. The van der Waals surface area contributed by atoms with Crippen LogP contribution in [0.5, 0.6) is 0 Å². The Labute approximate surface area is 158 Å². The van der Waals surface area contributed by atoms with E-state index in [0.717, 1.165) is 5.56 Å². The van der Waals surface area contributed by atoms with E-state index < -0.39 is 0 Å². The van der Waals surface area contributed by atoms with Gasteiger partial charge in [-0.3, -0.25) is 9.59 Å². The van der Waals surface area contributed by atoms with Gasteiger partial charge >= 0.3 is 0 Å². The minimum atomic E-state index is -0.329. The highest BCUT2D eigenvalue weighted by Gasteiger charge is 2.51. The Balaban J connectivity index is 1.85. The van der Waals surface area contributed by atoms with Crippen LogP contribution in [0, 0.1) is 0 Å². The van der Waals surface area contributed by atoms with E-state index in [4.69, 9.17) is 4.74 Å². The van der Waals surface area contributed by atoms with Crippen LogP contribution in [0.3, 0.4) is 0 Å². The summed E-state index contributed by atoms with van der Waals surface area (Å²) >= 11 is 0. The fourth-order valence-electron chi connectivity index (χ4n) is 3.72. The number of aliphatic hydroxyl groups excluding tert-OH is 1. The Bertz CT molecular complexity index is 766. The van der Waals surface area contributed by atoms with Gasteiger partial charge in [-0.2, -0.15) is 0 Å². The smallest absolute Gasteiger partial charge is 0.254 e. The summed E-state index contributed by atoms with van der Waals surface area (Å²) in [6.07, 6.45) is 0. The molecule has 1 aliphatic rings. The molecule has 1 fully saturated rings. The second kappa shape index (κ2) is 8.79. The lowest BCUT2D eigenvalue weighted by Crippen LogP contribution is -2.68. The molecule has 1 aliphatic heterocycles. The summed E-state index contributed by atoms with van der Waals surface area (Å²) in [6, 6.07) is 18.2. The van der Waals surface area contributed by atoms with Crippen molar-refractivity contribution in [3.8, 4) is 0 Å². The molecule has 0 saturated carbocycles. The first kappa shape index (κ1) is 19.1. The molecule has 1 saturated heterocycles. The van der Waals surface area contributed by atoms with Gasteiger partial charge in [-0.1, -0.05) is 48.5 Å². The van der Waals surface area contributed by atoms with Crippen molar-refractivity contribution in [2.24, 2.45) is 0 Å². The van der Waals surface area contributed by atoms with E-state index >= 15 is 0 Å². The van der Waals surface area contributed by atoms with Crippen LogP contribution in [-0.2, 0) is 9.53 Å². The maximum atomic E-state index is 13.0. The highest BCUT2D eigenvalue weighted by molar-refractivity contribution is 5.95. The van der Waals surface area contributed by atoms with Crippen LogP contribution in [-0.4, -0.2) is 60.8 Å². The number of benzene rings is 2. The van der Waals surface area contributed by atoms with Crippen molar-refractivity contribution in [3.05, 3.63) is 71.8 Å². The molecular formula is C21H24N2O4. The van der Waals surface area contributed by atoms with Gasteiger partial charge < -0.3 is 20.1 Å². The van der Waals surface area contributed by atoms with Gasteiger partial charge in [0.15, 0.2) is 0 Å². The van der Waals surface area contributed by atoms with Gasteiger partial charge in [0, 0.05) is 25.1 Å². The van der Waals surface area contributed by atoms with Crippen LogP contribution in [0.15, 0.2) is 60.7 Å². The Kier molecular flexibility index (Phi) is 6.21. The molecule has 27 heavy (non-hydrogen) atoms. The van der Waals surface area contributed by atoms with Crippen molar-refractivity contribution in [1.29, 1.82) is 0 Å². The topological polar surface area (TPSA) is 78.9 Å². The number of carbonyl (C=O) groups is 2. The van der Waals surface area contributed by atoms with Crippen LogP contribution in [0.2, 0.25) is 0 Å². The van der Waals surface area contributed by atoms with Gasteiger partial charge in [-0.25, -0.2) is 0 Å². The number of ether oxygens (including phenoxy) is 1. The number of amides is 2. The van der Waals surface area contributed by atoms with Gasteiger partial charge in [-0.15, -0.1) is 0 Å². The minimum Gasteiger partial charge on any atom is -0.394 e. The number of aliphatic hydroxyl groups is 1. The van der Waals surface area contributed by atoms with E-state index in [9.17, 15) is 14.7 Å². The van der Waals surface area contributed by atoms with Crippen LogP contribution < -0.4 is 5.32 Å². The largest absolute Gasteiger partial charge is 0.394 e. The van der Waals surface area contributed by atoms with Crippen molar-refractivity contribution in [2.75, 3.05) is 26.9 Å². The third-order valence-corrected chi connectivity index (χ3v) is 4.95. The molecule has 142 valence electrons. The first-order valence-electron chi connectivity index (χ1n) is 8.96. The van der Waals surface area contributed by atoms with Gasteiger partial charge in [-0.05, 0) is 17.7 Å². The molecule has 2 N–H and O–H groups in total. The lowest BCUT2D eigenvalue weighted by Gasteiger charge is -2.55. The summed E-state index contributed by atoms with van der Waals surface area (Å²) in [7, 11) is 1.46. The Morgan fingerprint density at radius 1 is 1.04 bits per heavy atom. The van der Waals surface area contributed by atoms with Crippen LogP contribution in [0.4, 0.5) is 0 Å². The zero-order chi connectivity index (χ0) is 19.2. The Morgan fingerprint density at radius 2 is 1.67 bits per heavy atom. The van der Waals surface area contributed by atoms with Crippen molar-refractivity contribution >= 4 is 11.8 Å². The SMILES string of the molecule is COCC(=O)NC[C@H]1[C@H](c2ccccc2)[C@@H](CO)N1C(=O)c1ccccc1. The average molecular weight is 368 g/mol. The maximum absolute atomic E-state index is 13.0. The molecule has 2 amide bonds. The average Bonchev–Trinajstić information content (AvgIpc) is 2.69. The van der Waals surface area contributed by atoms with Crippen LogP contribution in [0.25, 0.3) is 0 Å². The van der Waals surface area contributed by atoms with Gasteiger partial charge in [0.1, 0.15) is 6.61 Å². The number of hydrogen-bond acceptors (Lipinski definition) is 4. The quantitative estimate of drug-likeness (QED) is 0.775. The van der Waals surface area contributed by atoms with Gasteiger partial charge in [0.05, 0.1) is 18.7 Å². The third kappa shape index (κ3) is 4.02. The van der Waals surface area contributed by atoms with E-state index in [-0.39, 0.29) is 43.0 Å². The minimum absolute atomic E-state index is 0.0290. The number of methoxy groups -OCH3 is 1. The highest BCUT2D eigenvalue weighted by Crippen LogP contribution is 2.41. The zero-order valence-electron chi connectivity index (χ0n) is 15.2. The Morgan fingerprint density at radius 3 is 2.26 bits per heavy atom. The van der Waals surface area contributed by atoms with Crippen molar-refractivity contribution < 1.29 is 19.4 Å². The van der Waals surface area contributed by atoms with Gasteiger partial charge in [0.2, 0.25) is 5.91 Å². The van der Waals surface area contributed by atoms with Crippen LogP contribution >= 0.6 is 0 Å². The Hall–Kier alpha value is -2.70. The fraction of sp³-hybridized carbons (Fsp3) is 0.333. The molecule has 0 aromatic heterocycles. The number of nitrogens with one attached hydrogen (secondary N) is 1. The molecule has 0 radical (unpaired) electrons. The number of rotatable bonds is 7. The molecule has 6 nitrogen and oxygen atoms in total. The summed E-state index contributed by atoms with van der Waals surface area (Å²) in [4.78, 5) is 26.6. The second-order valence-electron chi connectivity index (χ2n) is 6.57. The van der Waals surface area contributed by atoms with Gasteiger partial charge in [0.25, 0.3) is 5.91 Å². The summed E-state index contributed by atoms with van der Waals surface area (Å²) in [5.41, 5.74) is 1.61. The molecule has 3 atom stereocenters. The summed E-state index contributed by atoms with van der Waals surface area (Å²) in [5.74, 6) is -0.427. The lowest BCUT2D eigenvalue weighted by atomic mass is 9.74. The molecule has 3 rings (SSSR count). The van der Waals surface area contributed by atoms with Crippen molar-refractivity contribution in [1.82, 2.24) is 10.2 Å². The summed E-state index contributed by atoms with van der Waals surface area (Å²) < 4.78 is 4.85. The molecule has 0 bridgehead atoms. The number of carbonyl (C=O) groups excluding carboxylic acids is 2. The predicted octanol–water partition coefficient (Wildman–Crippen LogP) is 1.42. The lowest BCUT2D eigenvalue weighted by molar-refractivity contribution is -0.125. The standard InChI is InChI=1S/C21H24N2O4/c1-27-14-19(25)22-12-17-20(15-8-4-2-5-9-15)18(13-24)23(17)21(26)16-10-6-3-7-11-16/h2-11,17-18,20,24H,12-14H2,1H3,(H,22,25)/t17-,18+,20-/m0/s1. The molecule has 2 aromatic carbocycles.